The SMILES string of the molecule is CSCC[C@H](CC(=O)[C@H](CO)NC(=O)[C@H](CCCN=C(N)N)CC(=O)[C@@H](C)CC(C)C)C(=O)N[C@H](C(=O)C[C@@H](CC(=O)O)C(=O)N[C@@H](CCCCN)C(=O)C[C@@H](Cc1ccc(O)cc1)C(=O)N[C@@H](CCCN=C(N)N)C(=O)C[C@@H](CC(C)C)C(N)=O)[C@@H](C)O. The van der Waals surface area contributed by atoms with Crippen molar-refractivity contribution in [3.05, 3.63) is 29.8 Å². The maximum Gasteiger partial charge on any atom is 0.304 e. The average molecular weight is 1280 g/mol. The van der Waals surface area contributed by atoms with Gasteiger partial charge in [-0.15, -0.1) is 0 Å². The summed E-state index contributed by atoms with van der Waals surface area (Å²) in [4.78, 5) is 159. The quantitative estimate of drug-likeness (QED) is 0.0244. The molecule has 0 bridgehead atoms. The first-order chi connectivity index (χ1) is 41.8. The standard InChI is InChI=1S/C61H102N12O15S/c1-34(2)24-36(5)48(77)27-39(12-10-21-68-60(64)65)56(85)72-47(33-74)51(80)28-40(19-23-89-7)57(86)73-54(37(6)75)52(81)31-43(32-53(82)83)59(88)70-45(13-8-9-20-62)50(79)30-42(26-38-15-17-44(76)18-16-38)58(87)71-46(14-11-22-69-61(66)67)49(78)29-41(55(63)84)25-35(3)4/h15-18,34-37,39-43,45-47,54,74-76H,8-14,19-33,62H2,1-7H3,(H2,63,84)(H,70,88)(H,71,87)(H,72,85)(H,73,86)(H,82,83)(H4,64,65,68)(H4,66,67,69)/t36-,37+,39+,40+,41+,42+,43-,45-,46-,47-,54-/m0/s1. The number of carboxylic acid groups (broad SMARTS) is 1. The van der Waals surface area contributed by atoms with Crippen LogP contribution in [0.4, 0.5) is 0 Å². The molecule has 20 N–H and O–H groups in total. The fourth-order valence-corrected chi connectivity index (χ4v) is 10.8. The number of carbonyl (C=O) groups excluding carboxylic acids is 10. The lowest BCUT2D eigenvalue weighted by Crippen LogP contribution is -2.52. The van der Waals surface area contributed by atoms with Crippen molar-refractivity contribution in [1.29, 1.82) is 0 Å². The molecule has 1 aromatic carbocycles. The Morgan fingerprint density at radius 2 is 0.978 bits per heavy atom. The number of guanidine groups is 2. The Bertz CT molecular complexity index is 2520. The number of aliphatic carboxylic acids is 1. The van der Waals surface area contributed by atoms with Crippen LogP contribution >= 0.6 is 11.8 Å². The van der Waals surface area contributed by atoms with Gasteiger partial charge in [0, 0.05) is 74.8 Å². The van der Waals surface area contributed by atoms with Crippen LogP contribution in [0.15, 0.2) is 34.3 Å². The topological polar surface area (TPSA) is 498 Å². The molecule has 502 valence electrons. The van der Waals surface area contributed by atoms with Gasteiger partial charge in [-0.05, 0) is 126 Å². The summed E-state index contributed by atoms with van der Waals surface area (Å²) in [6.07, 6.45) is -1.23. The van der Waals surface area contributed by atoms with Crippen LogP contribution in [0.1, 0.15) is 150 Å². The first-order valence-electron chi connectivity index (χ1n) is 30.6. The lowest BCUT2D eigenvalue weighted by Gasteiger charge is -2.27. The molecule has 0 saturated heterocycles. The molecule has 0 saturated carbocycles. The molecule has 28 heteroatoms. The second-order valence-corrected chi connectivity index (χ2v) is 24.9. The van der Waals surface area contributed by atoms with Crippen molar-refractivity contribution in [3.63, 3.8) is 0 Å². The minimum absolute atomic E-state index is 0.00502. The van der Waals surface area contributed by atoms with E-state index in [0.29, 0.717) is 37.0 Å². The number of aliphatic imine (C=N–C) groups is 2. The average Bonchev–Trinajstić information content (AvgIpc) is 3.66. The van der Waals surface area contributed by atoms with E-state index in [-0.39, 0.29) is 119 Å². The Labute approximate surface area is 527 Å². The van der Waals surface area contributed by atoms with E-state index in [1.807, 2.05) is 27.7 Å². The normalized spacial score (nSPS) is 15.1. The Morgan fingerprint density at radius 3 is 1.47 bits per heavy atom. The number of nitrogens with two attached hydrogens (primary N) is 6. The van der Waals surface area contributed by atoms with Gasteiger partial charge in [0.25, 0.3) is 0 Å². The Kier molecular flexibility index (Phi) is 38.5. The summed E-state index contributed by atoms with van der Waals surface area (Å²) in [5, 5.41) is 51.8. The van der Waals surface area contributed by atoms with E-state index in [9.17, 15) is 73.2 Å². The number of carboxylic acids is 1. The van der Waals surface area contributed by atoms with Crippen molar-refractivity contribution in [3.8, 4) is 5.75 Å². The number of thioether (sulfide) groups is 1. The molecule has 0 aliphatic rings. The van der Waals surface area contributed by atoms with Gasteiger partial charge in [-0.1, -0.05) is 46.8 Å². The molecule has 1 aromatic rings. The Balaban J connectivity index is 3.60. The largest absolute Gasteiger partial charge is 0.508 e. The number of unbranched alkanes of at least 4 members (excludes halogenated alkanes) is 1. The highest BCUT2D eigenvalue weighted by atomic mass is 32.2. The maximum absolute atomic E-state index is 14.6. The molecule has 0 heterocycles. The predicted octanol–water partition coefficient (Wildman–Crippen LogP) is 0.802. The molecular weight excluding hydrogens is 1170 g/mol. The number of ketones is 5. The Morgan fingerprint density at radius 1 is 0.528 bits per heavy atom. The van der Waals surface area contributed by atoms with Crippen molar-refractivity contribution in [2.75, 3.05) is 38.2 Å². The molecule has 27 nitrogen and oxygen atoms in total. The molecule has 5 amide bonds. The number of aliphatic hydroxyl groups excluding tert-OH is 2. The van der Waals surface area contributed by atoms with Gasteiger partial charge in [-0.25, -0.2) is 0 Å². The molecule has 0 aliphatic carbocycles. The van der Waals surface area contributed by atoms with Crippen molar-refractivity contribution in [2.45, 2.75) is 181 Å². The molecule has 0 unspecified atom stereocenters. The van der Waals surface area contributed by atoms with Gasteiger partial charge in [-0.3, -0.25) is 62.7 Å². The molecule has 0 aromatic heterocycles. The molecule has 89 heavy (non-hydrogen) atoms. The van der Waals surface area contributed by atoms with Crippen LogP contribution < -0.4 is 55.7 Å². The summed E-state index contributed by atoms with van der Waals surface area (Å²) in [6, 6.07) is -0.0677. The van der Waals surface area contributed by atoms with Gasteiger partial charge in [0.15, 0.2) is 35.1 Å². The van der Waals surface area contributed by atoms with E-state index in [1.54, 1.807) is 13.2 Å². The number of carbonyl (C=O) groups is 11. The minimum atomic E-state index is -1.76. The Hall–Kier alpha value is -7.04. The van der Waals surface area contributed by atoms with Gasteiger partial charge < -0.3 is 76.1 Å². The van der Waals surface area contributed by atoms with E-state index in [1.165, 1.54) is 43.0 Å². The summed E-state index contributed by atoms with van der Waals surface area (Å²) in [6.45, 7) is 10.1. The monoisotopic (exact) mass is 1270 g/mol. The second-order valence-electron chi connectivity index (χ2n) is 23.9. The molecule has 0 aliphatic heterocycles. The number of amides is 5. The molecule has 11 atom stereocenters. The summed E-state index contributed by atoms with van der Waals surface area (Å²) in [5.41, 5.74) is 33.9. The van der Waals surface area contributed by atoms with Crippen LogP contribution in [-0.4, -0.2) is 165 Å². The number of phenolic OH excluding ortho intramolecular Hbond substituents is 1. The van der Waals surface area contributed by atoms with Crippen LogP contribution in [0, 0.1) is 47.3 Å². The zero-order chi connectivity index (χ0) is 67.5. The number of hydrogen-bond donors (Lipinski definition) is 14. The number of rotatable bonds is 49. The van der Waals surface area contributed by atoms with Crippen molar-refractivity contribution in [2.24, 2.45) is 91.7 Å². The van der Waals surface area contributed by atoms with Crippen LogP contribution in [0.2, 0.25) is 0 Å². The number of Topliss-reactive ketones (excluding diaryl/α,β-unsaturated/α-hetero) is 5. The first-order valence-corrected chi connectivity index (χ1v) is 32.0. The molecular formula is C61H102N12O15S. The smallest absolute Gasteiger partial charge is 0.304 e. The number of primary amides is 1. The number of nitrogens with zero attached hydrogens (tertiary/aromatic N) is 2. The van der Waals surface area contributed by atoms with Crippen molar-refractivity contribution >= 4 is 88.1 Å². The van der Waals surface area contributed by atoms with Crippen LogP contribution in [0.5, 0.6) is 5.75 Å². The summed E-state index contributed by atoms with van der Waals surface area (Å²) >= 11 is 1.33. The molecule has 0 radical (unpaired) electrons. The van der Waals surface area contributed by atoms with E-state index in [0.717, 1.165) is 0 Å². The summed E-state index contributed by atoms with van der Waals surface area (Å²) < 4.78 is 0. The van der Waals surface area contributed by atoms with Gasteiger partial charge >= 0.3 is 5.97 Å². The number of nitrogens with one attached hydrogen (secondary N) is 4. The number of aliphatic hydroxyl groups is 2. The highest BCUT2D eigenvalue weighted by Crippen LogP contribution is 2.25. The highest BCUT2D eigenvalue weighted by Gasteiger charge is 2.38. The molecule has 1 rings (SSSR count). The third kappa shape index (κ3) is 32.8. The summed E-state index contributed by atoms with van der Waals surface area (Å²) in [5.74, 6) is -15.0. The fourth-order valence-electron chi connectivity index (χ4n) is 10.2. The van der Waals surface area contributed by atoms with Crippen molar-refractivity contribution in [1.82, 2.24) is 21.3 Å². The number of benzene rings is 1. The first kappa shape index (κ1) is 80.0. The van der Waals surface area contributed by atoms with Gasteiger partial charge in [0.05, 0.1) is 37.1 Å². The van der Waals surface area contributed by atoms with Crippen molar-refractivity contribution < 1.29 is 73.2 Å². The van der Waals surface area contributed by atoms with E-state index < -0.39 is 151 Å². The van der Waals surface area contributed by atoms with E-state index in [2.05, 4.69) is 31.3 Å². The van der Waals surface area contributed by atoms with E-state index in [4.69, 9.17) is 34.4 Å². The van der Waals surface area contributed by atoms with E-state index >= 15 is 0 Å². The minimum Gasteiger partial charge on any atom is -0.508 e. The lowest BCUT2D eigenvalue weighted by molar-refractivity contribution is -0.143. The zero-order valence-electron chi connectivity index (χ0n) is 52.9. The second kappa shape index (κ2) is 42.8. The van der Waals surface area contributed by atoms with Gasteiger partial charge in [0.2, 0.25) is 29.5 Å². The third-order valence-electron chi connectivity index (χ3n) is 15.1. The number of aromatic hydroxyl groups is 1. The number of phenols is 1. The number of hydrogen-bond acceptors (Lipinski definition) is 18. The van der Waals surface area contributed by atoms with Crippen LogP contribution in [-0.2, 0) is 59.2 Å². The predicted molar refractivity (Wildman–Crippen MR) is 339 cm³/mol. The van der Waals surface area contributed by atoms with Gasteiger partial charge in [-0.2, -0.15) is 11.8 Å². The lowest BCUT2D eigenvalue weighted by atomic mass is 9.87. The fraction of sp³-hybridized carbons (Fsp3) is 0.689. The third-order valence-corrected chi connectivity index (χ3v) is 15.7. The van der Waals surface area contributed by atoms with Crippen LogP contribution in [0.3, 0.4) is 0 Å². The molecule has 0 fully saturated rings. The van der Waals surface area contributed by atoms with Gasteiger partial charge in [0.1, 0.15) is 23.6 Å². The summed E-state index contributed by atoms with van der Waals surface area (Å²) in [7, 11) is 0. The van der Waals surface area contributed by atoms with Crippen LogP contribution in [0.25, 0.3) is 0 Å². The highest BCUT2D eigenvalue weighted by molar-refractivity contribution is 7.98. The molecule has 0 spiro atoms. The zero-order valence-corrected chi connectivity index (χ0v) is 53.7. The maximum atomic E-state index is 14.6.